The normalized spacial score (nSPS) is 14.8. The molecule has 6 heteroatoms. The molecule has 0 radical (unpaired) electrons. The summed E-state index contributed by atoms with van der Waals surface area (Å²) in [4.78, 5) is 52.7. The van der Waals surface area contributed by atoms with Crippen LogP contribution in [-0.4, -0.2) is 23.4 Å². The standard InChI is InChI=1S/C26H29NO5/c1-14(2)17-11-12-20(21(13-17)32-25(31)16(5)6)26(27-24(30)15(3)4)22(28)18-9-7-8-10-19(18)23(26)29/h7-16H,1-6H3,(H,27,30). The summed E-state index contributed by atoms with van der Waals surface area (Å²) in [5.74, 6) is -2.67. The van der Waals surface area contributed by atoms with Crippen molar-refractivity contribution in [3.63, 3.8) is 0 Å². The van der Waals surface area contributed by atoms with E-state index in [0.717, 1.165) is 5.56 Å². The van der Waals surface area contributed by atoms with Gasteiger partial charge in [-0.2, -0.15) is 0 Å². The van der Waals surface area contributed by atoms with Crippen molar-refractivity contribution >= 4 is 23.4 Å². The molecule has 0 saturated carbocycles. The fraction of sp³-hybridized carbons (Fsp3) is 0.385. The highest BCUT2D eigenvalue weighted by Gasteiger charge is 2.57. The maximum atomic E-state index is 13.7. The van der Waals surface area contributed by atoms with Crippen molar-refractivity contribution in [1.29, 1.82) is 0 Å². The van der Waals surface area contributed by atoms with E-state index >= 15 is 0 Å². The van der Waals surface area contributed by atoms with Gasteiger partial charge < -0.3 is 10.1 Å². The van der Waals surface area contributed by atoms with E-state index in [-0.39, 0.29) is 28.4 Å². The van der Waals surface area contributed by atoms with Gasteiger partial charge in [-0.05, 0) is 17.5 Å². The third kappa shape index (κ3) is 3.85. The van der Waals surface area contributed by atoms with Gasteiger partial charge in [0.2, 0.25) is 17.5 Å². The number of ketones is 2. The number of carbonyl (C=O) groups is 4. The Kier molecular flexibility index (Phi) is 6.35. The van der Waals surface area contributed by atoms with Gasteiger partial charge in [-0.25, -0.2) is 0 Å². The van der Waals surface area contributed by atoms with Crippen LogP contribution in [0.15, 0.2) is 42.5 Å². The van der Waals surface area contributed by atoms with E-state index in [0.29, 0.717) is 0 Å². The minimum Gasteiger partial charge on any atom is -0.426 e. The lowest BCUT2D eigenvalue weighted by atomic mass is 9.82. The van der Waals surface area contributed by atoms with Crippen molar-refractivity contribution < 1.29 is 23.9 Å². The molecule has 2 aromatic rings. The molecule has 0 aliphatic heterocycles. The van der Waals surface area contributed by atoms with Gasteiger partial charge in [0.1, 0.15) is 5.75 Å². The molecule has 1 aliphatic carbocycles. The van der Waals surface area contributed by atoms with Crippen LogP contribution in [0, 0.1) is 11.8 Å². The Balaban J connectivity index is 2.29. The SMILES string of the molecule is CC(C)C(=O)NC1(c2ccc(C(C)C)cc2OC(=O)C(C)C)C(=O)c2ccccc2C1=O. The maximum absolute atomic E-state index is 13.7. The quantitative estimate of drug-likeness (QED) is 0.412. The molecule has 0 atom stereocenters. The molecule has 168 valence electrons. The summed E-state index contributed by atoms with van der Waals surface area (Å²) in [5, 5.41) is 2.72. The number of Topliss-reactive ketones (excluding diaryl/α,β-unsaturated/α-hetero) is 2. The Bertz CT molecular complexity index is 1060. The highest BCUT2D eigenvalue weighted by molar-refractivity contribution is 6.34. The maximum Gasteiger partial charge on any atom is 0.313 e. The lowest BCUT2D eigenvalue weighted by Crippen LogP contribution is -2.55. The number of fused-ring (bicyclic) bond motifs is 1. The van der Waals surface area contributed by atoms with E-state index in [1.807, 2.05) is 13.8 Å². The van der Waals surface area contributed by atoms with Crippen molar-refractivity contribution in [2.45, 2.75) is 53.0 Å². The van der Waals surface area contributed by atoms with E-state index in [1.54, 1.807) is 70.2 Å². The number of esters is 1. The largest absolute Gasteiger partial charge is 0.426 e. The highest BCUT2D eigenvalue weighted by atomic mass is 16.5. The molecule has 0 fully saturated rings. The molecule has 0 unspecified atom stereocenters. The van der Waals surface area contributed by atoms with Crippen molar-refractivity contribution in [2.24, 2.45) is 11.8 Å². The van der Waals surface area contributed by atoms with Crippen LogP contribution in [0.25, 0.3) is 0 Å². The number of rotatable bonds is 6. The molecule has 1 aliphatic rings. The first-order valence-electron chi connectivity index (χ1n) is 10.9. The average molecular weight is 436 g/mol. The smallest absolute Gasteiger partial charge is 0.313 e. The summed E-state index contributed by atoms with van der Waals surface area (Å²) in [6.07, 6.45) is 0. The fourth-order valence-electron chi connectivity index (χ4n) is 3.66. The highest BCUT2D eigenvalue weighted by Crippen LogP contribution is 2.43. The molecule has 0 spiro atoms. The van der Waals surface area contributed by atoms with Crippen molar-refractivity contribution in [1.82, 2.24) is 5.32 Å². The predicted octanol–water partition coefficient (Wildman–Crippen LogP) is 4.42. The summed E-state index contributed by atoms with van der Waals surface area (Å²) in [7, 11) is 0. The van der Waals surface area contributed by atoms with Gasteiger partial charge in [0.25, 0.3) is 0 Å². The van der Waals surface area contributed by atoms with Crippen molar-refractivity contribution in [3.8, 4) is 5.75 Å². The van der Waals surface area contributed by atoms with E-state index in [1.165, 1.54) is 0 Å². The molecule has 1 amide bonds. The third-order valence-electron chi connectivity index (χ3n) is 5.69. The molecule has 2 aromatic carbocycles. The van der Waals surface area contributed by atoms with Gasteiger partial charge in [-0.3, -0.25) is 19.2 Å². The molecule has 0 heterocycles. The molecule has 6 nitrogen and oxygen atoms in total. The zero-order chi connectivity index (χ0) is 23.8. The van der Waals surface area contributed by atoms with E-state index in [9.17, 15) is 19.2 Å². The van der Waals surface area contributed by atoms with Gasteiger partial charge in [-0.1, -0.05) is 77.9 Å². The molecular formula is C26H29NO5. The predicted molar refractivity (Wildman–Crippen MR) is 121 cm³/mol. The number of carbonyl (C=O) groups excluding carboxylic acids is 4. The Morgan fingerprint density at radius 3 is 1.88 bits per heavy atom. The van der Waals surface area contributed by atoms with Gasteiger partial charge in [0.05, 0.1) is 5.92 Å². The number of hydrogen-bond acceptors (Lipinski definition) is 5. The average Bonchev–Trinajstić information content (AvgIpc) is 2.96. The summed E-state index contributed by atoms with van der Waals surface area (Å²) < 4.78 is 5.68. The molecular weight excluding hydrogens is 406 g/mol. The number of nitrogens with one attached hydrogen (secondary N) is 1. The van der Waals surface area contributed by atoms with Crippen molar-refractivity contribution in [2.75, 3.05) is 0 Å². The molecule has 0 aromatic heterocycles. The summed E-state index contributed by atoms with van der Waals surface area (Å²) >= 11 is 0. The van der Waals surface area contributed by atoms with Crippen LogP contribution >= 0.6 is 0 Å². The van der Waals surface area contributed by atoms with Crippen LogP contribution in [0.3, 0.4) is 0 Å². The Morgan fingerprint density at radius 1 is 0.844 bits per heavy atom. The van der Waals surface area contributed by atoms with Crippen LogP contribution in [-0.2, 0) is 15.1 Å². The zero-order valence-corrected chi connectivity index (χ0v) is 19.3. The molecule has 0 saturated heterocycles. The van der Waals surface area contributed by atoms with Crippen LogP contribution in [0.5, 0.6) is 5.75 Å². The number of hydrogen-bond donors (Lipinski definition) is 1. The van der Waals surface area contributed by atoms with Crippen LogP contribution in [0.4, 0.5) is 0 Å². The molecule has 0 bridgehead atoms. The first-order chi connectivity index (χ1) is 15.0. The minimum atomic E-state index is -1.99. The minimum absolute atomic E-state index is 0.105. The van der Waals surface area contributed by atoms with E-state index < -0.39 is 40.8 Å². The summed E-state index contributed by atoms with van der Waals surface area (Å²) in [6.45, 7) is 10.7. The second-order valence-electron chi connectivity index (χ2n) is 9.08. The monoisotopic (exact) mass is 435 g/mol. The third-order valence-corrected chi connectivity index (χ3v) is 5.69. The van der Waals surface area contributed by atoms with E-state index in [4.69, 9.17) is 4.74 Å². The number of ether oxygens (including phenoxy) is 1. The molecule has 3 rings (SSSR count). The Morgan fingerprint density at radius 2 is 1.41 bits per heavy atom. The fourth-order valence-corrected chi connectivity index (χ4v) is 3.66. The second kappa shape index (κ2) is 8.69. The second-order valence-corrected chi connectivity index (χ2v) is 9.08. The van der Waals surface area contributed by atoms with Gasteiger partial charge in [0.15, 0.2) is 5.54 Å². The van der Waals surface area contributed by atoms with Gasteiger partial charge >= 0.3 is 5.97 Å². The lowest BCUT2D eigenvalue weighted by molar-refractivity contribution is -0.137. The molecule has 1 N–H and O–H groups in total. The van der Waals surface area contributed by atoms with Gasteiger partial charge in [0, 0.05) is 22.6 Å². The Hall–Kier alpha value is -3.28. The number of amides is 1. The molecule has 32 heavy (non-hydrogen) atoms. The zero-order valence-electron chi connectivity index (χ0n) is 19.3. The van der Waals surface area contributed by atoms with E-state index in [2.05, 4.69) is 5.32 Å². The number of benzene rings is 2. The lowest BCUT2D eigenvalue weighted by Gasteiger charge is -2.30. The first-order valence-corrected chi connectivity index (χ1v) is 10.9. The Labute approximate surface area is 188 Å². The van der Waals surface area contributed by atoms with Crippen molar-refractivity contribution in [3.05, 3.63) is 64.7 Å². The van der Waals surface area contributed by atoms with Crippen LogP contribution in [0.2, 0.25) is 0 Å². The van der Waals surface area contributed by atoms with Crippen LogP contribution in [0.1, 0.15) is 79.3 Å². The summed E-state index contributed by atoms with van der Waals surface area (Å²) in [6, 6.07) is 11.6. The topological polar surface area (TPSA) is 89.5 Å². The summed E-state index contributed by atoms with van der Waals surface area (Å²) in [5.41, 5.74) is -0.490. The van der Waals surface area contributed by atoms with Crippen LogP contribution < -0.4 is 10.1 Å². The first kappa shape index (κ1) is 23.4. The van der Waals surface area contributed by atoms with Gasteiger partial charge in [-0.15, -0.1) is 0 Å².